The summed E-state index contributed by atoms with van der Waals surface area (Å²) in [6, 6.07) is 10.8. The van der Waals surface area contributed by atoms with Crippen LogP contribution >= 0.6 is 11.6 Å². The lowest BCUT2D eigenvalue weighted by atomic mass is 10.0. The van der Waals surface area contributed by atoms with Gasteiger partial charge in [0.1, 0.15) is 11.6 Å². The van der Waals surface area contributed by atoms with Crippen LogP contribution in [0, 0.1) is 5.82 Å². The molecule has 1 unspecified atom stereocenters. The van der Waals surface area contributed by atoms with Crippen LogP contribution in [0.15, 0.2) is 36.4 Å². The van der Waals surface area contributed by atoms with E-state index in [0.717, 1.165) is 17.5 Å². The number of hydrogen-bond donors (Lipinski definition) is 1. The lowest BCUT2D eigenvalue weighted by Gasteiger charge is -2.13. The largest absolute Gasteiger partial charge is 0.495 e. The molecule has 0 fully saturated rings. The summed E-state index contributed by atoms with van der Waals surface area (Å²) in [4.78, 5) is 0. The van der Waals surface area contributed by atoms with Crippen molar-refractivity contribution in [3.05, 3.63) is 58.4 Å². The van der Waals surface area contributed by atoms with Crippen LogP contribution in [0.4, 0.5) is 10.1 Å². The topological polar surface area (TPSA) is 21.3 Å². The number of halogens is 2. The van der Waals surface area contributed by atoms with Gasteiger partial charge in [-0.2, -0.15) is 0 Å². The highest BCUT2D eigenvalue weighted by Crippen LogP contribution is 2.37. The van der Waals surface area contributed by atoms with Gasteiger partial charge in [-0.25, -0.2) is 4.39 Å². The smallest absolute Gasteiger partial charge is 0.146 e. The molecule has 0 radical (unpaired) electrons. The Morgan fingerprint density at radius 2 is 2.16 bits per heavy atom. The minimum absolute atomic E-state index is 0.0512. The van der Waals surface area contributed by atoms with Crippen LogP contribution in [0.2, 0.25) is 5.02 Å². The quantitative estimate of drug-likeness (QED) is 0.888. The summed E-state index contributed by atoms with van der Waals surface area (Å²) in [6.45, 7) is 0. The van der Waals surface area contributed by atoms with Crippen LogP contribution in [0.25, 0.3) is 0 Å². The number of methoxy groups -OCH3 is 1. The van der Waals surface area contributed by atoms with Gasteiger partial charge in [-0.3, -0.25) is 0 Å². The van der Waals surface area contributed by atoms with Crippen LogP contribution in [0.1, 0.15) is 17.2 Å². The van der Waals surface area contributed by atoms with E-state index in [1.165, 1.54) is 6.07 Å². The van der Waals surface area contributed by atoms with E-state index in [9.17, 15) is 4.39 Å². The minimum atomic E-state index is -0.209. The lowest BCUT2D eigenvalue weighted by Crippen LogP contribution is -2.06. The highest BCUT2D eigenvalue weighted by atomic mass is 35.5. The molecule has 1 aliphatic rings. The average Bonchev–Trinajstić information content (AvgIpc) is 2.84. The van der Waals surface area contributed by atoms with Crippen molar-refractivity contribution in [2.24, 2.45) is 0 Å². The summed E-state index contributed by atoms with van der Waals surface area (Å²) in [5.74, 6) is 0.437. The molecule has 3 rings (SSSR count). The van der Waals surface area contributed by atoms with Crippen LogP contribution in [0.5, 0.6) is 5.75 Å². The molecule has 0 aliphatic carbocycles. The molecule has 2 aromatic rings. The second-order valence-corrected chi connectivity index (χ2v) is 4.98. The Morgan fingerprint density at radius 1 is 1.32 bits per heavy atom. The van der Waals surface area contributed by atoms with Crippen molar-refractivity contribution in [1.82, 2.24) is 0 Å². The predicted molar refractivity (Wildman–Crippen MR) is 74.5 cm³/mol. The van der Waals surface area contributed by atoms with Crippen molar-refractivity contribution in [3.63, 3.8) is 0 Å². The van der Waals surface area contributed by atoms with Gasteiger partial charge in [-0.15, -0.1) is 0 Å². The third kappa shape index (κ3) is 2.15. The zero-order valence-corrected chi connectivity index (χ0v) is 11.2. The minimum Gasteiger partial charge on any atom is -0.495 e. The number of hydrogen-bond acceptors (Lipinski definition) is 2. The summed E-state index contributed by atoms with van der Waals surface area (Å²) in [5.41, 5.74) is 2.62. The van der Waals surface area contributed by atoms with E-state index in [4.69, 9.17) is 16.3 Å². The first kappa shape index (κ1) is 12.3. The first-order valence-electron chi connectivity index (χ1n) is 6.06. The number of nitrogens with one attached hydrogen (secondary N) is 1. The molecule has 0 bridgehead atoms. The third-order valence-electron chi connectivity index (χ3n) is 3.42. The van der Waals surface area contributed by atoms with Crippen molar-refractivity contribution in [1.29, 1.82) is 0 Å². The molecule has 1 aliphatic heterocycles. The lowest BCUT2D eigenvalue weighted by molar-refractivity contribution is 0.415. The zero-order valence-electron chi connectivity index (χ0n) is 10.4. The summed E-state index contributed by atoms with van der Waals surface area (Å²) < 4.78 is 18.8. The summed E-state index contributed by atoms with van der Waals surface area (Å²) >= 11 is 6.12. The SMILES string of the molecule is COc1ccc(C2Cc3cccc(F)c3N2)cc1Cl. The Morgan fingerprint density at radius 3 is 2.84 bits per heavy atom. The third-order valence-corrected chi connectivity index (χ3v) is 3.72. The van der Waals surface area contributed by atoms with Crippen LogP contribution in [-0.2, 0) is 6.42 Å². The van der Waals surface area contributed by atoms with Gasteiger partial charge in [0.15, 0.2) is 0 Å². The molecule has 4 heteroatoms. The van der Waals surface area contributed by atoms with Crippen LogP contribution < -0.4 is 10.1 Å². The number of ether oxygens (including phenoxy) is 1. The Bertz CT molecular complexity index is 630. The molecule has 0 aromatic heterocycles. The van der Waals surface area contributed by atoms with Crippen molar-refractivity contribution in [2.75, 3.05) is 12.4 Å². The van der Waals surface area contributed by atoms with Crippen LogP contribution in [-0.4, -0.2) is 7.11 Å². The second-order valence-electron chi connectivity index (χ2n) is 4.57. The van der Waals surface area contributed by atoms with Crippen molar-refractivity contribution in [3.8, 4) is 5.75 Å². The maximum Gasteiger partial charge on any atom is 0.146 e. The first-order valence-corrected chi connectivity index (χ1v) is 6.44. The first-order chi connectivity index (χ1) is 9.19. The van der Waals surface area contributed by atoms with Gasteiger partial charge >= 0.3 is 0 Å². The van der Waals surface area contributed by atoms with Crippen molar-refractivity contribution < 1.29 is 9.13 Å². The fraction of sp³-hybridized carbons (Fsp3) is 0.200. The van der Waals surface area contributed by atoms with E-state index >= 15 is 0 Å². The fourth-order valence-corrected chi connectivity index (χ4v) is 2.71. The predicted octanol–water partition coefficient (Wildman–Crippen LogP) is 4.20. The highest BCUT2D eigenvalue weighted by Gasteiger charge is 2.24. The molecule has 1 N–H and O–H groups in total. The highest BCUT2D eigenvalue weighted by molar-refractivity contribution is 6.32. The molecule has 1 heterocycles. The van der Waals surface area contributed by atoms with Crippen molar-refractivity contribution in [2.45, 2.75) is 12.5 Å². The average molecular weight is 278 g/mol. The monoisotopic (exact) mass is 277 g/mol. The van der Waals surface area contributed by atoms with Gasteiger partial charge in [0, 0.05) is 0 Å². The molecule has 2 aromatic carbocycles. The number of para-hydroxylation sites is 1. The fourth-order valence-electron chi connectivity index (χ4n) is 2.45. The zero-order chi connectivity index (χ0) is 13.4. The molecule has 2 nitrogen and oxygen atoms in total. The van der Waals surface area contributed by atoms with Gasteiger partial charge in [0.25, 0.3) is 0 Å². The Balaban J connectivity index is 1.91. The molecular weight excluding hydrogens is 265 g/mol. The maximum atomic E-state index is 13.7. The van der Waals surface area contributed by atoms with E-state index in [1.807, 2.05) is 24.3 Å². The Kier molecular flexibility index (Phi) is 3.07. The van der Waals surface area contributed by atoms with E-state index < -0.39 is 0 Å². The summed E-state index contributed by atoms with van der Waals surface area (Å²) in [6.07, 6.45) is 0.760. The molecule has 1 atom stereocenters. The molecule has 0 saturated heterocycles. The summed E-state index contributed by atoms with van der Waals surface area (Å²) in [7, 11) is 1.58. The molecular formula is C15H13ClFNO. The van der Waals surface area contributed by atoms with E-state index in [2.05, 4.69) is 5.32 Å². The summed E-state index contributed by atoms with van der Waals surface area (Å²) in [5, 5.41) is 3.78. The molecule has 19 heavy (non-hydrogen) atoms. The van der Waals surface area contributed by atoms with Gasteiger partial charge in [0.2, 0.25) is 0 Å². The number of rotatable bonds is 2. The van der Waals surface area contributed by atoms with Crippen LogP contribution in [0.3, 0.4) is 0 Å². The second kappa shape index (κ2) is 4.74. The number of anilines is 1. The van der Waals surface area contributed by atoms with Crippen molar-refractivity contribution >= 4 is 17.3 Å². The van der Waals surface area contributed by atoms with Gasteiger partial charge in [-0.05, 0) is 35.7 Å². The van der Waals surface area contributed by atoms with Gasteiger partial charge in [0.05, 0.1) is 23.9 Å². The molecule has 0 amide bonds. The van der Waals surface area contributed by atoms with E-state index in [1.54, 1.807) is 13.2 Å². The number of fused-ring (bicyclic) bond motifs is 1. The van der Waals surface area contributed by atoms with Gasteiger partial charge in [-0.1, -0.05) is 29.8 Å². The van der Waals surface area contributed by atoms with Gasteiger partial charge < -0.3 is 10.1 Å². The maximum absolute atomic E-state index is 13.7. The molecule has 0 spiro atoms. The van der Waals surface area contributed by atoms with E-state index in [0.29, 0.717) is 16.5 Å². The number of benzene rings is 2. The molecule has 0 saturated carbocycles. The molecule has 98 valence electrons. The Labute approximate surface area is 116 Å². The van der Waals surface area contributed by atoms with E-state index in [-0.39, 0.29) is 11.9 Å². The normalized spacial score (nSPS) is 16.9. The Hall–Kier alpha value is -1.74. The standard InChI is InChI=1S/C15H13ClFNO/c1-19-14-6-5-9(7-11(14)16)13-8-10-3-2-4-12(17)15(10)18-13/h2-7,13,18H,8H2,1H3.